The maximum Gasteiger partial charge on any atom is 0.490 e. The second-order valence-electron chi connectivity index (χ2n) is 8.15. The third-order valence-electron chi connectivity index (χ3n) is 5.22. The monoisotopic (exact) mass is 549 g/mol. The van der Waals surface area contributed by atoms with Crippen LogP contribution in [0, 0.1) is 0 Å². The number of nitrogens with two attached hydrogens (primary N) is 2. The van der Waals surface area contributed by atoms with Crippen molar-refractivity contribution in [1.82, 2.24) is 9.88 Å². The van der Waals surface area contributed by atoms with Gasteiger partial charge in [0.15, 0.2) is 5.96 Å². The number of halogens is 3. The van der Waals surface area contributed by atoms with E-state index in [1.165, 1.54) is 10.6 Å². The highest BCUT2D eigenvalue weighted by atomic mass is 19.4. The first-order valence-corrected chi connectivity index (χ1v) is 11.4. The van der Waals surface area contributed by atoms with Crippen molar-refractivity contribution in [3.05, 3.63) is 82.3 Å². The highest BCUT2D eigenvalue weighted by Crippen LogP contribution is 2.16. The Morgan fingerprint density at radius 3 is 2.23 bits per heavy atom. The van der Waals surface area contributed by atoms with Crippen LogP contribution >= 0.6 is 0 Å². The standard InChI is InChI=1S/C23H25N5O4.C2HF3O2/c24-23(25)26-11-3-8-19(22(31)32)27-20(29)18-7-4-12-28(21(18)30)14-15-9-10-16-5-1-2-6-17(16)13-15;3-2(4,5)1(6)7/h1-2,4-7,9-10,12-13,19H,3,8,11,14H2,(H,27,29)(H,31,32)(H4,24,25,26);(H,6,7)/t19-;/m0./s1. The minimum absolute atomic E-state index is 0.0860. The van der Waals surface area contributed by atoms with Gasteiger partial charge in [-0.2, -0.15) is 13.2 Å². The highest BCUT2D eigenvalue weighted by Gasteiger charge is 2.38. The van der Waals surface area contributed by atoms with Crippen LogP contribution in [0.2, 0.25) is 0 Å². The van der Waals surface area contributed by atoms with E-state index in [0.717, 1.165) is 16.3 Å². The molecule has 0 saturated carbocycles. The molecule has 1 aromatic heterocycles. The van der Waals surface area contributed by atoms with Gasteiger partial charge in [0.05, 0.1) is 6.54 Å². The summed E-state index contributed by atoms with van der Waals surface area (Å²) in [5, 5.41) is 21.1. The molecule has 0 aliphatic rings. The van der Waals surface area contributed by atoms with Crippen molar-refractivity contribution in [3.63, 3.8) is 0 Å². The number of guanidine groups is 1. The van der Waals surface area contributed by atoms with E-state index >= 15 is 0 Å². The van der Waals surface area contributed by atoms with Gasteiger partial charge in [0.2, 0.25) is 0 Å². The number of aliphatic carboxylic acids is 2. The van der Waals surface area contributed by atoms with Gasteiger partial charge in [-0.25, -0.2) is 9.59 Å². The number of carbonyl (C=O) groups is 3. The molecule has 0 fully saturated rings. The molecule has 208 valence electrons. The van der Waals surface area contributed by atoms with E-state index in [-0.39, 0.29) is 31.0 Å². The van der Waals surface area contributed by atoms with Crippen LogP contribution in [0.4, 0.5) is 13.2 Å². The van der Waals surface area contributed by atoms with Crippen molar-refractivity contribution in [2.75, 3.05) is 6.54 Å². The Balaban J connectivity index is 0.000000673. The number of benzene rings is 2. The van der Waals surface area contributed by atoms with Crippen LogP contribution < -0.4 is 22.3 Å². The quantitative estimate of drug-likeness (QED) is 0.152. The molecule has 3 aromatic rings. The Morgan fingerprint density at radius 2 is 1.64 bits per heavy atom. The normalized spacial score (nSPS) is 11.6. The zero-order valence-corrected chi connectivity index (χ0v) is 20.4. The van der Waals surface area contributed by atoms with E-state index in [0.29, 0.717) is 6.42 Å². The summed E-state index contributed by atoms with van der Waals surface area (Å²) in [6, 6.07) is 15.6. The van der Waals surface area contributed by atoms with Gasteiger partial charge in [-0.1, -0.05) is 36.4 Å². The van der Waals surface area contributed by atoms with E-state index in [4.69, 9.17) is 21.4 Å². The summed E-state index contributed by atoms with van der Waals surface area (Å²) in [6.45, 7) is 0.525. The smallest absolute Gasteiger partial charge is 0.480 e. The number of amides is 1. The lowest BCUT2D eigenvalue weighted by molar-refractivity contribution is -0.192. The first-order valence-electron chi connectivity index (χ1n) is 11.4. The average molecular weight is 550 g/mol. The first-order chi connectivity index (χ1) is 18.3. The molecule has 0 aliphatic carbocycles. The number of aliphatic imine (C=N–C) groups is 1. The molecule has 0 saturated heterocycles. The van der Waals surface area contributed by atoms with Crippen molar-refractivity contribution in [1.29, 1.82) is 0 Å². The van der Waals surface area contributed by atoms with Crippen LogP contribution in [-0.4, -0.2) is 57.3 Å². The summed E-state index contributed by atoms with van der Waals surface area (Å²) < 4.78 is 33.2. The molecule has 0 radical (unpaired) electrons. The van der Waals surface area contributed by atoms with Crippen LogP contribution in [0.25, 0.3) is 10.8 Å². The number of carboxylic acid groups (broad SMARTS) is 2. The number of hydrogen-bond donors (Lipinski definition) is 5. The maximum atomic E-state index is 12.9. The van der Waals surface area contributed by atoms with Crippen LogP contribution in [-0.2, 0) is 16.1 Å². The maximum absolute atomic E-state index is 12.9. The predicted octanol–water partition coefficient (Wildman–Crippen LogP) is 1.92. The molecule has 2 aromatic carbocycles. The van der Waals surface area contributed by atoms with Crippen LogP contribution in [0.5, 0.6) is 0 Å². The van der Waals surface area contributed by atoms with Gasteiger partial charge in [-0.15, -0.1) is 0 Å². The zero-order valence-electron chi connectivity index (χ0n) is 20.4. The van der Waals surface area contributed by atoms with Gasteiger partial charge < -0.3 is 31.6 Å². The van der Waals surface area contributed by atoms with E-state index in [2.05, 4.69) is 10.3 Å². The summed E-state index contributed by atoms with van der Waals surface area (Å²) in [5.74, 6) is -4.78. The Bertz CT molecular complexity index is 1420. The SMILES string of the molecule is NC(N)=NCCC[C@H](NC(=O)c1cccn(Cc2ccc3ccccc3c2)c1=O)C(=O)O.O=C(O)C(F)(F)F. The van der Waals surface area contributed by atoms with E-state index in [1.54, 1.807) is 12.3 Å². The number of pyridine rings is 1. The topological polar surface area (TPSA) is 190 Å². The second kappa shape index (κ2) is 13.6. The first kappa shape index (κ1) is 30.3. The van der Waals surface area contributed by atoms with E-state index in [9.17, 15) is 32.7 Å². The van der Waals surface area contributed by atoms with Crippen molar-refractivity contribution in [2.24, 2.45) is 16.5 Å². The van der Waals surface area contributed by atoms with Crippen molar-refractivity contribution in [2.45, 2.75) is 31.6 Å². The highest BCUT2D eigenvalue weighted by molar-refractivity contribution is 5.96. The molecule has 14 heteroatoms. The number of aromatic nitrogens is 1. The minimum Gasteiger partial charge on any atom is -0.480 e. The summed E-state index contributed by atoms with van der Waals surface area (Å²) >= 11 is 0. The summed E-state index contributed by atoms with van der Waals surface area (Å²) in [6.07, 6.45) is -3.01. The van der Waals surface area contributed by atoms with Gasteiger partial charge in [0.25, 0.3) is 11.5 Å². The lowest BCUT2D eigenvalue weighted by Gasteiger charge is -2.14. The largest absolute Gasteiger partial charge is 0.490 e. The summed E-state index contributed by atoms with van der Waals surface area (Å²) in [5.41, 5.74) is 10.8. The Labute approximate surface area is 219 Å². The molecule has 11 nitrogen and oxygen atoms in total. The fraction of sp³-hybridized carbons (Fsp3) is 0.240. The lowest BCUT2D eigenvalue weighted by Crippen LogP contribution is -2.43. The minimum atomic E-state index is -5.08. The van der Waals surface area contributed by atoms with Crippen molar-refractivity contribution >= 4 is 34.6 Å². The van der Waals surface area contributed by atoms with Gasteiger partial charge in [-0.3, -0.25) is 14.6 Å². The van der Waals surface area contributed by atoms with Gasteiger partial charge in [-0.05, 0) is 47.4 Å². The fourth-order valence-electron chi connectivity index (χ4n) is 3.36. The Hall–Kier alpha value is -4.88. The molecule has 0 aliphatic heterocycles. The molecule has 0 unspecified atom stereocenters. The van der Waals surface area contributed by atoms with E-state index in [1.807, 2.05) is 42.5 Å². The number of carbonyl (C=O) groups excluding carboxylic acids is 1. The van der Waals surface area contributed by atoms with Crippen molar-refractivity contribution in [3.8, 4) is 0 Å². The lowest BCUT2D eigenvalue weighted by atomic mass is 10.1. The number of carboxylic acids is 2. The fourth-order valence-corrected chi connectivity index (χ4v) is 3.36. The Morgan fingerprint density at radius 1 is 1.00 bits per heavy atom. The predicted molar refractivity (Wildman–Crippen MR) is 136 cm³/mol. The molecular weight excluding hydrogens is 523 g/mol. The number of fused-ring (bicyclic) bond motifs is 1. The van der Waals surface area contributed by atoms with Crippen LogP contribution in [0.15, 0.2) is 70.6 Å². The third-order valence-corrected chi connectivity index (χ3v) is 5.22. The van der Waals surface area contributed by atoms with Gasteiger partial charge in [0.1, 0.15) is 11.6 Å². The number of nitrogens with one attached hydrogen (secondary N) is 1. The van der Waals surface area contributed by atoms with E-state index < -0.39 is 35.6 Å². The summed E-state index contributed by atoms with van der Waals surface area (Å²) in [4.78, 5) is 49.7. The molecule has 7 N–H and O–H groups in total. The number of nitrogens with zero attached hydrogens (tertiary/aromatic N) is 2. The van der Waals surface area contributed by atoms with Crippen molar-refractivity contribution < 1.29 is 37.8 Å². The number of hydrogen-bond acceptors (Lipinski definition) is 5. The van der Waals surface area contributed by atoms with Gasteiger partial charge >= 0.3 is 18.1 Å². The third kappa shape index (κ3) is 9.50. The average Bonchev–Trinajstić information content (AvgIpc) is 2.86. The molecule has 39 heavy (non-hydrogen) atoms. The summed E-state index contributed by atoms with van der Waals surface area (Å²) in [7, 11) is 0. The second-order valence-corrected chi connectivity index (χ2v) is 8.15. The molecule has 0 spiro atoms. The van der Waals surface area contributed by atoms with Gasteiger partial charge in [0, 0.05) is 12.7 Å². The molecule has 1 heterocycles. The molecule has 1 atom stereocenters. The number of alkyl halides is 3. The zero-order chi connectivity index (χ0) is 29.2. The Kier molecular flexibility index (Phi) is 10.6. The van der Waals surface area contributed by atoms with Crippen LogP contribution in [0.1, 0.15) is 28.8 Å². The molecule has 3 rings (SSSR count). The van der Waals surface area contributed by atoms with Crippen LogP contribution in [0.3, 0.4) is 0 Å². The number of rotatable bonds is 9. The molecular formula is C25H26F3N5O6. The molecule has 0 bridgehead atoms. The molecule has 1 amide bonds.